The Morgan fingerprint density at radius 3 is 2.52 bits per heavy atom. The molecular formula is C21H17F3N2O2S. The maximum absolute atomic E-state index is 13.8. The third-order valence-corrected chi connectivity index (χ3v) is 5.91. The van der Waals surface area contributed by atoms with E-state index in [9.17, 15) is 22.8 Å². The van der Waals surface area contributed by atoms with E-state index in [1.54, 1.807) is 19.1 Å². The van der Waals surface area contributed by atoms with E-state index in [0.29, 0.717) is 46.8 Å². The molecule has 0 aliphatic carbocycles. The van der Waals surface area contributed by atoms with Crippen LogP contribution in [0.3, 0.4) is 0 Å². The SMILES string of the molecule is Cc1sc(=O)n(CC(=O)N2CCCc3cc(F)c(F)cc32)c1-c1ccc(F)cc1. The summed E-state index contributed by atoms with van der Waals surface area (Å²) < 4.78 is 41.9. The molecule has 2 heterocycles. The van der Waals surface area contributed by atoms with Crippen molar-refractivity contribution in [3.63, 3.8) is 0 Å². The van der Waals surface area contributed by atoms with Crippen molar-refractivity contribution in [3.8, 4) is 11.3 Å². The molecule has 3 aromatic rings. The third kappa shape index (κ3) is 3.60. The van der Waals surface area contributed by atoms with Gasteiger partial charge in [-0.3, -0.25) is 14.2 Å². The number of rotatable bonds is 3. The number of amides is 1. The molecule has 0 bridgehead atoms. The molecule has 4 rings (SSSR count). The van der Waals surface area contributed by atoms with Gasteiger partial charge in [0.1, 0.15) is 12.4 Å². The summed E-state index contributed by atoms with van der Waals surface area (Å²) >= 11 is 1.01. The van der Waals surface area contributed by atoms with Crippen LogP contribution in [0.5, 0.6) is 0 Å². The first-order valence-electron chi connectivity index (χ1n) is 9.09. The van der Waals surface area contributed by atoms with Gasteiger partial charge in [0.2, 0.25) is 5.91 Å². The van der Waals surface area contributed by atoms with Crippen molar-refractivity contribution in [3.05, 3.63) is 74.0 Å². The topological polar surface area (TPSA) is 42.3 Å². The number of carbonyl (C=O) groups is 1. The van der Waals surface area contributed by atoms with Gasteiger partial charge in [-0.15, -0.1) is 0 Å². The van der Waals surface area contributed by atoms with E-state index in [0.717, 1.165) is 23.5 Å². The van der Waals surface area contributed by atoms with Crippen LogP contribution in [0.1, 0.15) is 16.9 Å². The minimum Gasteiger partial charge on any atom is -0.310 e. The average Bonchev–Trinajstić information content (AvgIpc) is 2.96. The van der Waals surface area contributed by atoms with Gasteiger partial charge in [0.05, 0.1) is 5.69 Å². The molecule has 2 aromatic carbocycles. The zero-order chi connectivity index (χ0) is 20.7. The van der Waals surface area contributed by atoms with Crippen LogP contribution in [-0.2, 0) is 17.8 Å². The van der Waals surface area contributed by atoms with Crippen LogP contribution >= 0.6 is 11.3 Å². The Labute approximate surface area is 168 Å². The third-order valence-electron chi connectivity index (χ3n) is 5.02. The number of hydrogen-bond acceptors (Lipinski definition) is 3. The Bertz CT molecular complexity index is 1150. The summed E-state index contributed by atoms with van der Waals surface area (Å²) in [4.78, 5) is 27.3. The van der Waals surface area contributed by atoms with Crippen LogP contribution in [0.2, 0.25) is 0 Å². The predicted octanol–water partition coefficient (Wildman–Crippen LogP) is 4.28. The number of halogens is 3. The largest absolute Gasteiger partial charge is 0.310 e. The summed E-state index contributed by atoms with van der Waals surface area (Å²) in [6.45, 7) is 1.88. The fourth-order valence-electron chi connectivity index (χ4n) is 3.68. The number of carbonyl (C=O) groups excluding carboxylic acids is 1. The lowest BCUT2D eigenvalue weighted by Gasteiger charge is -2.30. The molecule has 4 nitrogen and oxygen atoms in total. The first-order valence-corrected chi connectivity index (χ1v) is 9.91. The number of hydrogen-bond donors (Lipinski definition) is 0. The van der Waals surface area contributed by atoms with E-state index in [2.05, 4.69) is 0 Å². The summed E-state index contributed by atoms with van der Waals surface area (Å²) in [6, 6.07) is 7.85. The van der Waals surface area contributed by atoms with E-state index < -0.39 is 17.5 Å². The van der Waals surface area contributed by atoms with E-state index in [1.165, 1.54) is 21.6 Å². The first-order chi connectivity index (χ1) is 13.8. The van der Waals surface area contributed by atoms with Crippen LogP contribution in [0.4, 0.5) is 18.9 Å². The van der Waals surface area contributed by atoms with Crippen molar-refractivity contribution in [1.82, 2.24) is 4.57 Å². The smallest absolute Gasteiger partial charge is 0.308 e. The molecule has 0 saturated carbocycles. The van der Waals surface area contributed by atoms with Gasteiger partial charge in [0.25, 0.3) is 0 Å². The van der Waals surface area contributed by atoms with Gasteiger partial charge in [-0.2, -0.15) is 0 Å². The zero-order valence-electron chi connectivity index (χ0n) is 15.5. The Balaban J connectivity index is 1.70. The maximum Gasteiger partial charge on any atom is 0.308 e. The second-order valence-electron chi connectivity index (χ2n) is 6.91. The minimum absolute atomic E-state index is 0.242. The zero-order valence-corrected chi connectivity index (χ0v) is 16.4. The highest BCUT2D eigenvalue weighted by molar-refractivity contribution is 7.09. The lowest BCUT2D eigenvalue weighted by Crippen LogP contribution is -2.39. The first kappa shape index (κ1) is 19.4. The van der Waals surface area contributed by atoms with Crippen LogP contribution in [0.15, 0.2) is 41.2 Å². The molecule has 0 radical (unpaired) electrons. The summed E-state index contributed by atoms with van der Waals surface area (Å²) in [5.41, 5.74) is 2.08. The number of fused-ring (bicyclic) bond motifs is 1. The monoisotopic (exact) mass is 418 g/mol. The molecular weight excluding hydrogens is 401 g/mol. The average molecular weight is 418 g/mol. The Kier molecular flexibility index (Phi) is 5.04. The Hall–Kier alpha value is -2.87. The molecule has 1 aliphatic heterocycles. The fraction of sp³-hybridized carbons (Fsp3) is 0.238. The van der Waals surface area contributed by atoms with E-state index >= 15 is 0 Å². The number of aromatic nitrogens is 1. The molecule has 0 spiro atoms. The molecule has 0 N–H and O–H groups in total. The number of aryl methyl sites for hydroxylation is 2. The van der Waals surface area contributed by atoms with Gasteiger partial charge in [-0.25, -0.2) is 13.2 Å². The highest BCUT2D eigenvalue weighted by Gasteiger charge is 2.26. The molecule has 1 aliphatic rings. The van der Waals surface area contributed by atoms with Crippen LogP contribution in [0, 0.1) is 24.4 Å². The highest BCUT2D eigenvalue weighted by Crippen LogP contribution is 2.30. The summed E-state index contributed by atoms with van der Waals surface area (Å²) in [5.74, 6) is -2.74. The van der Waals surface area contributed by atoms with Crippen LogP contribution in [-0.4, -0.2) is 17.0 Å². The molecule has 29 heavy (non-hydrogen) atoms. The van der Waals surface area contributed by atoms with Gasteiger partial charge < -0.3 is 4.90 Å². The summed E-state index contributed by atoms with van der Waals surface area (Å²) in [5, 5.41) is 0. The van der Waals surface area contributed by atoms with Crippen LogP contribution < -0.4 is 9.77 Å². The normalized spacial score (nSPS) is 13.4. The number of anilines is 1. The standard InChI is InChI=1S/C21H17F3N2O2S/c1-12-20(13-4-6-15(22)7-5-13)26(21(28)29-12)11-19(27)25-8-2-3-14-9-16(23)17(24)10-18(14)25/h4-7,9-10H,2-3,8,11H2,1H3. The van der Waals surface area contributed by atoms with Crippen molar-refractivity contribution in [2.75, 3.05) is 11.4 Å². The van der Waals surface area contributed by atoms with Crippen molar-refractivity contribution in [2.24, 2.45) is 0 Å². The number of thiazole rings is 1. The van der Waals surface area contributed by atoms with E-state index in [-0.39, 0.29) is 17.3 Å². The molecule has 1 amide bonds. The number of nitrogens with zero attached hydrogens (tertiary/aromatic N) is 2. The molecule has 1 aromatic heterocycles. The lowest BCUT2D eigenvalue weighted by molar-refractivity contribution is -0.119. The molecule has 0 saturated heterocycles. The number of benzene rings is 2. The predicted molar refractivity (Wildman–Crippen MR) is 106 cm³/mol. The van der Waals surface area contributed by atoms with Gasteiger partial charge in [0, 0.05) is 23.2 Å². The fourth-order valence-corrected chi connectivity index (χ4v) is 4.54. The molecule has 150 valence electrons. The van der Waals surface area contributed by atoms with Crippen molar-refractivity contribution in [2.45, 2.75) is 26.3 Å². The molecule has 8 heteroatoms. The van der Waals surface area contributed by atoms with Crippen LogP contribution in [0.25, 0.3) is 11.3 Å². The van der Waals surface area contributed by atoms with Gasteiger partial charge >= 0.3 is 4.87 Å². The highest BCUT2D eigenvalue weighted by atomic mass is 32.1. The Morgan fingerprint density at radius 1 is 1.10 bits per heavy atom. The molecule has 0 fully saturated rings. The maximum atomic E-state index is 13.8. The quantitative estimate of drug-likeness (QED) is 0.637. The lowest BCUT2D eigenvalue weighted by atomic mass is 10.0. The van der Waals surface area contributed by atoms with Gasteiger partial charge in [0.15, 0.2) is 11.6 Å². The van der Waals surface area contributed by atoms with E-state index in [4.69, 9.17) is 0 Å². The van der Waals surface area contributed by atoms with Gasteiger partial charge in [-0.1, -0.05) is 11.3 Å². The second-order valence-corrected chi connectivity index (χ2v) is 8.08. The molecule has 0 atom stereocenters. The summed E-state index contributed by atoms with van der Waals surface area (Å²) in [7, 11) is 0. The Morgan fingerprint density at radius 2 is 1.79 bits per heavy atom. The van der Waals surface area contributed by atoms with Crippen molar-refractivity contribution < 1.29 is 18.0 Å². The second kappa shape index (κ2) is 7.51. The summed E-state index contributed by atoms with van der Waals surface area (Å²) in [6.07, 6.45) is 1.17. The van der Waals surface area contributed by atoms with Crippen molar-refractivity contribution in [1.29, 1.82) is 0 Å². The van der Waals surface area contributed by atoms with Crippen molar-refractivity contribution >= 4 is 22.9 Å². The van der Waals surface area contributed by atoms with Gasteiger partial charge in [-0.05, 0) is 61.2 Å². The molecule has 0 unspecified atom stereocenters. The van der Waals surface area contributed by atoms with E-state index in [1.807, 2.05) is 0 Å². The minimum atomic E-state index is -1.01.